The summed E-state index contributed by atoms with van der Waals surface area (Å²) in [5.74, 6) is 0.749. The topological polar surface area (TPSA) is 74.8 Å². The molecule has 0 saturated carbocycles. The van der Waals surface area contributed by atoms with Crippen LogP contribution in [-0.2, 0) is 6.18 Å². The molecule has 1 heterocycles. The normalized spacial score (nSPS) is 11.2. The molecule has 0 spiro atoms. The molecule has 0 aliphatic carbocycles. The van der Waals surface area contributed by atoms with E-state index in [0.717, 1.165) is 6.07 Å². The van der Waals surface area contributed by atoms with Crippen molar-refractivity contribution in [2.45, 2.75) is 20.0 Å². The summed E-state index contributed by atoms with van der Waals surface area (Å²) in [5.41, 5.74) is -0.759. The lowest BCUT2D eigenvalue weighted by Gasteiger charge is -2.13. The van der Waals surface area contributed by atoms with Crippen LogP contribution in [0.2, 0.25) is 5.02 Å². The number of rotatable bonds is 6. The van der Waals surface area contributed by atoms with Crippen LogP contribution in [0.5, 0.6) is 0 Å². The zero-order valence-corrected chi connectivity index (χ0v) is 13.8. The maximum Gasteiger partial charge on any atom is 0.417 e. The molecule has 2 aromatic rings. The fraction of sp³-hybridized carbons (Fsp3) is 0.357. The summed E-state index contributed by atoms with van der Waals surface area (Å²) >= 11 is 5.61. The second kappa shape index (κ2) is 7.52. The summed E-state index contributed by atoms with van der Waals surface area (Å²) in [6, 6.07) is 3.50. The van der Waals surface area contributed by atoms with E-state index in [1.807, 2.05) is 13.8 Å². The lowest BCUT2D eigenvalue weighted by molar-refractivity contribution is -0.137. The van der Waals surface area contributed by atoms with Crippen LogP contribution < -0.4 is 16.0 Å². The van der Waals surface area contributed by atoms with E-state index >= 15 is 0 Å². The minimum absolute atomic E-state index is 0.118. The van der Waals surface area contributed by atoms with E-state index in [0.29, 0.717) is 25.0 Å². The predicted octanol–water partition coefficient (Wildman–Crippen LogP) is 4.15. The molecular weight excluding hydrogens is 345 g/mol. The molecule has 0 aliphatic heterocycles. The molecule has 130 valence electrons. The van der Waals surface area contributed by atoms with Crippen molar-refractivity contribution in [3.63, 3.8) is 0 Å². The molecule has 0 unspecified atom stereocenters. The van der Waals surface area contributed by atoms with Gasteiger partial charge in [0.25, 0.3) is 0 Å². The molecular formula is C14H16ClF3N6. The van der Waals surface area contributed by atoms with Crippen LogP contribution in [0.3, 0.4) is 0 Å². The van der Waals surface area contributed by atoms with Gasteiger partial charge in [-0.3, -0.25) is 0 Å². The smallest absolute Gasteiger partial charge is 0.354 e. The highest BCUT2D eigenvalue weighted by atomic mass is 35.5. The van der Waals surface area contributed by atoms with Gasteiger partial charge in [-0.15, -0.1) is 0 Å². The molecule has 1 aromatic heterocycles. The quantitative estimate of drug-likeness (QED) is 0.718. The number of anilines is 4. The van der Waals surface area contributed by atoms with E-state index in [2.05, 4.69) is 30.9 Å². The summed E-state index contributed by atoms with van der Waals surface area (Å²) in [6.07, 6.45) is -4.54. The molecule has 3 N–H and O–H groups in total. The number of nitrogens with zero attached hydrogens (tertiary/aromatic N) is 3. The SMILES string of the molecule is CCNc1nc(NCC)nc(Nc2ccc(Cl)c(C(F)(F)F)c2)n1. The van der Waals surface area contributed by atoms with E-state index in [-0.39, 0.29) is 16.7 Å². The minimum Gasteiger partial charge on any atom is -0.354 e. The third kappa shape index (κ3) is 4.60. The molecule has 6 nitrogen and oxygen atoms in total. The van der Waals surface area contributed by atoms with Crippen LogP contribution in [0.1, 0.15) is 19.4 Å². The van der Waals surface area contributed by atoms with Crippen molar-refractivity contribution in [2.75, 3.05) is 29.0 Å². The van der Waals surface area contributed by atoms with E-state index in [1.165, 1.54) is 12.1 Å². The van der Waals surface area contributed by atoms with Gasteiger partial charge >= 0.3 is 6.18 Å². The molecule has 0 radical (unpaired) electrons. The first-order chi connectivity index (χ1) is 11.3. The Bertz CT molecular complexity index is 683. The van der Waals surface area contributed by atoms with Crippen LogP contribution >= 0.6 is 11.6 Å². The average molecular weight is 361 g/mol. The summed E-state index contributed by atoms with van der Waals surface area (Å²) in [4.78, 5) is 12.4. The largest absolute Gasteiger partial charge is 0.417 e. The number of alkyl halides is 3. The Hall–Kier alpha value is -2.29. The monoisotopic (exact) mass is 360 g/mol. The van der Waals surface area contributed by atoms with E-state index < -0.39 is 11.7 Å². The van der Waals surface area contributed by atoms with Crippen LogP contribution in [0.4, 0.5) is 36.7 Å². The minimum atomic E-state index is -4.54. The van der Waals surface area contributed by atoms with Gasteiger partial charge < -0.3 is 16.0 Å². The standard InChI is InChI=1S/C14H16ClF3N6/c1-3-19-11-22-12(20-4-2)24-13(23-11)21-8-5-6-10(15)9(7-8)14(16,17)18/h5-7H,3-4H2,1-2H3,(H3,19,20,21,22,23,24). The van der Waals surface area contributed by atoms with Crippen molar-refractivity contribution in [1.29, 1.82) is 0 Å². The maximum absolute atomic E-state index is 12.9. The van der Waals surface area contributed by atoms with Crippen molar-refractivity contribution in [3.05, 3.63) is 28.8 Å². The summed E-state index contributed by atoms with van der Waals surface area (Å²) in [7, 11) is 0. The van der Waals surface area contributed by atoms with Gasteiger partial charge in [0.05, 0.1) is 10.6 Å². The van der Waals surface area contributed by atoms with Crippen molar-refractivity contribution in [1.82, 2.24) is 15.0 Å². The number of aromatic nitrogens is 3. The van der Waals surface area contributed by atoms with Crippen molar-refractivity contribution in [3.8, 4) is 0 Å². The molecule has 1 aromatic carbocycles. The van der Waals surface area contributed by atoms with Gasteiger partial charge in [0.1, 0.15) is 0 Å². The Morgan fingerprint density at radius 3 is 2.00 bits per heavy atom. The molecule has 0 aliphatic rings. The molecule has 0 fully saturated rings. The fourth-order valence-corrected chi connectivity index (χ4v) is 2.08. The summed E-state index contributed by atoms with van der Waals surface area (Å²) in [5, 5.41) is 8.24. The lowest BCUT2D eigenvalue weighted by Crippen LogP contribution is -2.11. The van der Waals surface area contributed by atoms with Gasteiger partial charge in [-0.05, 0) is 32.0 Å². The molecule has 0 bridgehead atoms. The first kappa shape index (κ1) is 18.1. The highest BCUT2D eigenvalue weighted by Gasteiger charge is 2.33. The van der Waals surface area contributed by atoms with E-state index in [4.69, 9.17) is 11.6 Å². The Morgan fingerprint density at radius 2 is 1.50 bits per heavy atom. The van der Waals surface area contributed by atoms with Crippen molar-refractivity contribution in [2.24, 2.45) is 0 Å². The molecule has 0 saturated heterocycles. The first-order valence-corrected chi connectivity index (χ1v) is 7.58. The fourth-order valence-electron chi connectivity index (χ4n) is 1.86. The van der Waals surface area contributed by atoms with Crippen molar-refractivity contribution >= 4 is 35.1 Å². The number of hydrogen-bond donors (Lipinski definition) is 3. The molecule has 2 rings (SSSR count). The Kier molecular flexibility index (Phi) is 5.66. The molecule has 24 heavy (non-hydrogen) atoms. The Labute approximate surface area is 141 Å². The van der Waals surface area contributed by atoms with Gasteiger partial charge in [0.15, 0.2) is 0 Å². The predicted molar refractivity (Wildman–Crippen MR) is 87.9 cm³/mol. The molecule has 0 amide bonds. The summed E-state index contributed by atoms with van der Waals surface area (Å²) in [6.45, 7) is 4.93. The van der Waals surface area contributed by atoms with Gasteiger partial charge in [-0.1, -0.05) is 11.6 Å². The van der Waals surface area contributed by atoms with Crippen LogP contribution in [0.25, 0.3) is 0 Å². The van der Waals surface area contributed by atoms with Crippen LogP contribution in [0.15, 0.2) is 18.2 Å². The van der Waals surface area contributed by atoms with Gasteiger partial charge in [-0.2, -0.15) is 28.1 Å². The second-order valence-electron chi connectivity index (χ2n) is 4.68. The van der Waals surface area contributed by atoms with Gasteiger partial charge in [0.2, 0.25) is 17.8 Å². The zero-order valence-electron chi connectivity index (χ0n) is 13.0. The van der Waals surface area contributed by atoms with Gasteiger partial charge in [-0.25, -0.2) is 0 Å². The average Bonchev–Trinajstić information content (AvgIpc) is 2.48. The van der Waals surface area contributed by atoms with Crippen LogP contribution in [-0.4, -0.2) is 28.0 Å². The Morgan fingerprint density at radius 1 is 0.958 bits per heavy atom. The van der Waals surface area contributed by atoms with E-state index in [1.54, 1.807) is 0 Å². The second-order valence-corrected chi connectivity index (χ2v) is 5.09. The van der Waals surface area contributed by atoms with E-state index in [9.17, 15) is 13.2 Å². The van der Waals surface area contributed by atoms with Gasteiger partial charge in [0, 0.05) is 18.8 Å². The van der Waals surface area contributed by atoms with Crippen LogP contribution in [0, 0.1) is 0 Å². The van der Waals surface area contributed by atoms with Crippen molar-refractivity contribution < 1.29 is 13.2 Å². The first-order valence-electron chi connectivity index (χ1n) is 7.21. The maximum atomic E-state index is 12.9. The lowest BCUT2D eigenvalue weighted by atomic mass is 10.2. The Balaban J connectivity index is 2.33. The number of halogens is 4. The highest BCUT2D eigenvalue weighted by Crippen LogP contribution is 2.36. The molecule has 10 heteroatoms. The summed E-state index contributed by atoms with van der Waals surface area (Å²) < 4.78 is 38.8. The zero-order chi connectivity index (χ0) is 17.7. The highest BCUT2D eigenvalue weighted by molar-refractivity contribution is 6.31. The third-order valence-corrected chi connectivity index (χ3v) is 3.16. The number of hydrogen-bond acceptors (Lipinski definition) is 6. The molecule has 0 atom stereocenters. The third-order valence-electron chi connectivity index (χ3n) is 2.83. The number of benzene rings is 1. The number of nitrogens with one attached hydrogen (secondary N) is 3.